The monoisotopic (exact) mass is 535 g/mol. The maximum Gasteiger partial charge on any atom is 0.416 e. The van der Waals surface area contributed by atoms with E-state index in [0.717, 1.165) is 17.7 Å². The van der Waals surface area contributed by atoms with Crippen LogP contribution >= 0.6 is 0 Å². The molecule has 5 aromatic rings. The first-order valence-corrected chi connectivity index (χ1v) is 11.8. The summed E-state index contributed by atoms with van der Waals surface area (Å²) in [5, 5.41) is 3.29. The summed E-state index contributed by atoms with van der Waals surface area (Å²) >= 11 is 0. The second-order valence-electron chi connectivity index (χ2n) is 8.54. The van der Waals surface area contributed by atoms with Gasteiger partial charge in [0.25, 0.3) is 0 Å². The molecular formula is C28H24F3N5O3. The largest absolute Gasteiger partial charge is 0.493 e. The average molecular weight is 536 g/mol. The van der Waals surface area contributed by atoms with E-state index < -0.39 is 11.7 Å². The molecule has 0 spiro atoms. The second kappa shape index (κ2) is 10.5. The quantitative estimate of drug-likeness (QED) is 0.249. The van der Waals surface area contributed by atoms with Gasteiger partial charge in [0.15, 0.2) is 34.3 Å². The zero-order valence-electron chi connectivity index (χ0n) is 21.3. The lowest BCUT2D eigenvalue weighted by Gasteiger charge is -2.15. The molecule has 2 aromatic heterocycles. The Morgan fingerprint density at radius 1 is 0.846 bits per heavy atom. The van der Waals surface area contributed by atoms with E-state index >= 15 is 0 Å². The van der Waals surface area contributed by atoms with Crippen LogP contribution in [-0.4, -0.2) is 40.8 Å². The van der Waals surface area contributed by atoms with Gasteiger partial charge in [-0.25, -0.2) is 15.0 Å². The van der Waals surface area contributed by atoms with E-state index in [4.69, 9.17) is 24.2 Å². The Morgan fingerprint density at radius 3 is 2.10 bits per heavy atom. The number of benzene rings is 3. The number of ether oxygens (including phenoxy) is 3. The Morgan fingerprint density at radius 2 is 1.51 bits per heavy atom. The standard InChI is InChI=1S/C28H24F3N5O3/c1-37-21-13-20(14-22(38-2)24(21)39-3)33-26-23-27(35-25(34-26)18-7-5-4-6-8-18)36(16-32-23)15-17-9-11-19(12-10-17)28(29,30)31/h4-14,16H,15H2,1-3H3,(H,33,34,35). The van der Waals surface area contributed by atoms with Crippen LogP contribution in [0.5, 0.6) is 17.2 Å². The van der Waals surface area contributed by atoms with E-state index in [-0.39, 0.29) is 6.54 Å². The predicted octanol–water partition coefficient (Wildman–Crippen LogP) is 6.33. The zero-order chi connectivity index (χ0) is 27.6. The minimum absolute atomic E-state index is 0.267. The Labute approximate surface area is 222 Å². The van der Waals surface area contributed by atoms with Gasteiger partial charge in [0.2, 0.25) is 5.75 Å². The number of aromatic nitrogens is 4. The molecule has 0 fully saturated rings. The lowest BCUT2D eigenvalue weighted by atomic mass is 10.1. The highest BCUT2D eigenvalue weighted by Crippen LogP contribution is 2.41. The van der Waals surface area contributed by atoms with Gasteiger partial charge in [-0.1, -0.05) is 42.5 Å². The first kappa shape index (κ1) is 25.8. The summed E-state index contributed by atoms with van der Waals surface area (Å²) in [6.07, 6.45) is -2.81. The summed E-state index contributed by atoms with van der Waals surface area (Å²) in [6.45, 7) is 0.267. The second-order valence-corrected chi connectivity index (χ2v) is 8.54. The van der Waals surface area contributed by atoms with Gasteiger partial charge in [0.1, 0.15) is 0 Å². The fraction of sp³-hybridized carbons (Fsp3) is 0.179. The number of imidazole rings is 1. The van der Waals surface area contributed by atoms with Gasteiger partial charge in [0, 0.05) is 23.4 Å². The van der Waals surface area contributed by atoms with Crippen molar-refractivity contribution in [1.82, 2.24) is 19.5 Å². The molecule has 0 saturated heterocycles. The number of halogens is 3. The van der Waals surface area contributed by atoms with Crippen LogP contribution in [0.3, 0.4) is 0 Å². The van der Waals surface area contributed by atoms with E-state index in [9.17, 15) is 13.2 Å². The molecule has 1 N–H and O–H groups in total. The average Bonchev–Trinajstić information content (AvgIpc) is 3.35. The van der Waals surface area contributed by atoms with Crippen molar-refractivity contribution < 1.29 is 27.4 Å². The van der Waals surface area contributed by atoms with Gasteiger partial charge in [-0.3, -0.25) is 0 Å². The van der Waals surface area contributed by atoms with Crippen LogP contribution in [0.2, 0.25) is 0 Å². The SMILES string of the molecule is COc1cc(Nc2nc(-c3ccccc3)nc3c2ncn3Cc2ccc(C(F)(F)F)cc2)cc(OC)c1OC. The summed E-state index contributed by atoms with van der Waals surface area (Å²) in [5.41, 5.74) is 2.36. The van der Waals surface area contributed by atoms with Crippen LogP contribution in [0.25, 0.3) is 22.6 Å². The van der Waals surface area contributed by atoms with Gasteiger partial charge < -0.3 is 24.1 Å². The maximum absolute atomic E-state index is 13.0. The molecule has 0 amide bonds. The van der Waals surface area contributed by atoms with Crippen LogP contribution in [0.4, 0.5) is 24.7 Å². The first-order valence-electron chi connectivity index (χ1n) is 11.8. The number of nitrogens with one attached hydrogen (secondary N) is 1. The Bertz CT molecular complexity index is 1580. The van der Waals surface area contributed by atoms with E-state index in [1.165, 1.54) is 33.5 Å². The molecular weight excluding hydrogens is 511 g/mol. The van der Waals surface area contributed by atoms with Gasteiger partial charge in [-0.2, -0.15) is 13.2 Å². The summed E-state index contributed by atoms with van der Waals surface area (Å²) in [5.74, 6) is 2.25. The van der Waals surface area contributed by atoms with Crippen molar-refractivity contribution in [2.75, 3.05) is 26.6 Å². The normalized spacial score (nSPS) is 11.4. The lowest BCUT2D eigenvalue weighted by molar-refractivity contribution is -0.137. The number of fused-ring (bicyclic) bond motifs is 1. The van der Waals surface area contributed by atoms with Crippen molar-refractivity contribution in [3.63, 3.8) is 0 Å². The topological polar surface area (TPSA) is 83.3 Å². The molecule has 0 atom stereocenters. The number of rotatable bonds is 8. The third kappa shape index (κ3) is 5.28. The van der Waals surface area contributed by atoms with Crippen LogP contribution in [-0.2, 0) is 12.7 Å². The minimum atomic E-state index is -4.40. The van der Waals surface area contributed by atoms with Crippen molar-refractivity contribution in [3.8, 4) is 28.6 Å². The third-order valence-corrected chi connectivity index (χ3v) is 6.06. The zero-order valence-corrected chi connectivity index (χ0v) is 21.3. The highest BCUT2D eigenvalue weighted by Gasteiger charge is 2.30. The molecule has 39 heavy (non-hydrogen) atoms. The molecule has 0 unspecified atom stereocenters. The van der Waals surface area contributed by atoms with Gasteiger partial charge >= 0.3 is 6.18 Å². The molecule has 5 rings (SSSR count). The van der Waals surface area contributed by atoms with Crippen LogP contribution in [0.1, 0.15) is 11.1 Å². The van der Waals surface area contributed by atoms with E-state index in [1.807, 2.05) is 30.3 Å². The Kier molecular flexibility index (Phi) is 6.97. The summed E-state index contributed by atoms with van der Waals surface area (Å²) in [7, 11) is 4.58. The summed E-state index contributed by atoms with van der Waals surface area (Å²) in [4.78, 5) is 14.0. The number of hydrogen-bond acceptors (Lipinski definition) is 7. The molecule has 0 aliphatic heterocycles. The molecule has 0 radical (unpaired) electrons. The summed E-state index contributed by atoms with van der Waals surface area (Å²) in [6, 6.07) is 18.0. The molecule has 8 nitrogen and oxygen atoms in total. The van der Waals surface area contributed by atoms with Crippen LogP contribution < -0.4 is 19.5 Å². The highest BCUT2D eigenvalue weighted by molar-refractivity contribution is 5.87. The van der Waals surface area contributed by atoms with Gasteiger partial charge in [0.05, 0.1) is 39.8 Å². The number of alkyl halides is 3. The summed E-state index contributed by atoms with van der Waals surface area (Å²) < 4.78 is 57.2. The molecule has 3 aromatic carbocycles. The molecule has 0 bridgehead atoms. The van der Waals surface area contributed by atoms with Crippen LogP contribution in [0.15, 0.2) is 73.1 Å². The van der Waals surface area contributed by atoms with Gasteiger partial charge in [-0.05, 0) is 17.7 Å². The van der Waals surface area contributed by atoms with Crippen molar-refractivity contribution in [2.24, 2.45) is 0 Å². The van der Waals surface area contributed by atoms with Crippen molar-refractivity contribution >= 4 is 22.7 Å². The molecule has 2 heterocycles. The van der Waals surface area contributed by atoms with Crippen molar-refractivity contribution in [2.45, 2.75) is 12.7 Å². The van der Waals surface area contributed by atoms with E-state index in [2.05, 4.69) is 10.3 Å². The number of nitrogens with zero attached hydrogens (tertiary/aromatic N) is 4. The van der Waals surface area contributed by atoms with Crippen molar-refractivity contribution in [3.05, 3.63) is 84.2 Å². The molecule has 11 heteroatoms. The Balaban J connectivity index is 1.59. The fourth-order valence-electron chi connectivity index (χ4n) is 4.15. The minimum Gasteiger partial charge on any atom is -0.493 e. The smallest absolute Gasteiger partial charge is 0.416 e. The number of methoxy groups -OCH3 is 3. The van der Waals surface area contributed by atoms with Gasteiger partial charge in [-0.15, -0.1) is 0 Å². The molecule has 0 aliphatic carbocycles. The predicted molar refractivity (Wildman–Crippen MR) is 141 cm³/mol. The van der Waals surface area contributed by atoms with Crippen molar-refractivity contribution in [1.29, 1.82) is 0 Å². The third-order valence-electron chi connectivity index (χ3n) is 6.06. The number of anilines is 2. The number of hydrogen-bond donors (Lipinski definition) is 1. The molecule has 0 saturated carbocycles. The Hall–Kier alpha value is -4.80. The lowest BCUT2D eigenvalue weighted by Crippen LogP contribution is -2.06. The van der Waals surface area contributed by atoms with E-state index in [0.29, 0.717) is 51.3 Å². The fourth-order valence-corrected chi connectivity index (χ4v) is 4.15. The highest BCUT2D eigenvalue weighted by atomic mass is 19.4. The van der Waals surface area contributed by atoms with E-state index in [1.54, 1.807) is 23.0 Å². The first-order chi connectivity index (χ1) is 18.8. The molecule has 200 valence electrons. The van der Waals surface area contributed by atoms with Crippen LogP contribution in [0, 0.1) is 0 Å². The molecule has 0 aliphatic rings. The maximum atomic E-state index is 13.0.